The molecule has 0 saturated carbocycles. The van der Waals surface area contributed by atoms with E-state index in [1.807, 2.05) is 61.3 Å². The van der Waals surface area contributed by atoms with Crippen LogP contribution in [0.4, 0.5) is 5.69 Å². The van der Waals surface area contributed by atoms with E-state index in [2.05, 4.69) is 29.2 Å². The fourth-order valence-corrected chi connectivity index (χ4v) is 4.20. The number of benzene rings is 2. The van der Waals surface area contributed by atoms with Crippen molar-refractivity contribution in [1.82, 2.24) is 9.80 Å². The van der Waals surface area contributed by atoms with Gasteiger partial charge in [-0.3, -0.25) is 9.59 Å². The summed E-state index contributed by atoms with van der Waals surface area (Å²) in [4.78, 5) is 31.2. The van der Waals surface area contributed by atoms with Crippen LogP contribution in [-0.2, 0) is 21.5 Å². The van der Waals surface area contributed by atoms with Gasteiger partial charge in [0, 0.05) is 53.4 Å². The summed E-state index contributed by atoms with van der Waals surface area (Å²) in [6.07, 6.45) is 1.30. The Bertz CT molecular complexity index is 838. The second-order valence-corrected chi connectivity index (χ2v) is 8.18. The standard InChI is InChI=1S/C24H31N3O2/c1-19(28)27-16-14-24(15-17-27,21-8-6-5-7-9-21)23(29)26(4)18-20-10-12-22(13-11-20)25(2)3/h5-13H,14-18H2,1-4H3. The minimum Gasteiger partial charge on any atom is -0.378 e. The normalized spacial score (nSPS) is 15.7. The highest BCUT2D eigenvalue weighted by Gasteiger charge is 2.44. The van der Waals surface area contributed by atoms with E-state index in [0.29, 0.717) is 32.5 Å². The fraction of sp³-hybridized carbons (Fsp3) is 0.417. The average molecular weight is 394 g/mol. The number of hydrogen-bond donors (Lipinski definition) is 0. The van der Waals surface area contributed by atoms with Gasteiger partial charge in [-0.2, -0.15) is 0 Å². The van der Waals surface area contributed by atoms with Gasteiger partial charge in [0.05, 0.1) is 5.41 Å². The van der Waals surface area contributed by atoms with Gasteiger partial charge in [-0.1, -0.05) is 42.5 Å². The maximum atomic E-state index is 13.7. The lowest BCUT2D eigenvalue weighted by molar-refractivity contribution is -0.141. The van der Waals surface area contributed by atoms with Gasteiger partial charge < -0.3 is 14.7 Å². The van der Waals surface area contributed by atoms with Crippen molar-refractivity contribution >= 4 is 17.5 Å². The van der Waals surface area contributed by atoms with E-state index < -0.39 is 5.41 Å². The number of rotatable bonds is 5. The van der Waals surface area contributed by atoms with Crippen molar-refractivity contribution in [2.45, 2.75) is 31.7 Å². The third-order valence-electron chi connectivity index (χ3n) is 6.02. The number of hydrogen-bond acceptors (Lipinski definition) is 3. The zero-order chi connectivity index (χ0) is 21.0. The maximum Gasteiger partial charge on any atom is 0.233 e. The van der Waals surface area contributed by atoms with Crippen LogP contribution in [0.3, 0.4) is 0 Å². The van der Waals surface area contributed by atoms with E-state index in [-0.39, 0.29) is 11.8 Å². The van der Waals surface area contributed by atoms with Crippen LogP contribution >= 0.6 is 0 Å². The second kappa shape index (κ2) is 8.68. The summed E-state index contributed by atoms with van der Waals surface area (Å²) in [6, 6.07) is 18.3. The van der Waals surface area contributed by atoms with Crippen molar-refractivity contribution in [2.24, 2.45) is 0 Å². The van der Waals surface area contributed by atoms with Crippen LogP contribution < -0.4 is 4.90 Å². The molecule has 0 aromatic heterocycles. The highest BCUT2D eigenvalue weighted by Crippen LogP contribution is 2.37. The number of nitrogens with zero attached hydrogens (tertiary/aromatic N) is 3. The van der Waals surface area contributed by atoms with E-state index in [9.17, 15) is 9.59 Å². The van der Waals surface area contributed by atoms with Crippen molar-refractivity contribution in [3.63, 3.8) is 0 Å². The van der Waals surface area contributed by atoms with Crippen LogP contribution in [-0.4, -0.2) is 55.8 Å². The molecule has 0 N–H and O–H groups in total. The predicted molar refractivity (Wildman–Crippen MR) is 117 cm³/mol. The van der Waals surface area contributed by atoms with Crippen LogP contribution in [0, 0.1) is 0 Å². The Labute approximate surface area is 173 Å². The van der Waals surface area contributed by atoms with Gasteiger partial charge in [-0.15, -0.1) is 0 Å². The summed E-state index contributed by atoms with van der Waals surface area (Å²) in [5, 5.41) is 0. The average Bonchev–Trinajstić information content (AvgIpc) is 2.74. The summed E-state index contributed by atoms with van der Waals surface area (Å²) in [7, 11) is 5.91. The topological polar surface area (TPSA) is 43.9 Å². The molecular weight excluding hydrogens is 362 g/mol. The molecule has 5 heteroatoms. The third kappa shape index (κ3) is 4.44. The Morgan fingerprint density at radius 1 is 0.931 bits per heavy atom. The van der Waals surface area contributed by atoms with Crippen LogP contribution in [0.25, 0.3) is 0 Å². The summed E-state index contributed by atoms with van der Waals surface area (Å²) >= 11 is 0. The van der Waals surface area contributed by atoms with Crippen LogP contribution in [0.15, 0.2) is 54.6 Å². The summed E-state index contributed by atoms with van der Waals surface area (Å²) in [6.45, 7) is 3.39. The molecule has 1 fully saturated rings. The quantitative estimate of drug-likeness (QED) is 0.783. The Morgan fingerprint density at radius 2 is 1.52 bits per heavy atom. The predicted octanol–water partition coefficient (Wildman–Crippen LogP) is 3.29. The van der Waals surface area contributed by atoms with Gasteiger partial charge in [0.1, 0.15) is 0 Å². The molecule has 2 aromatic carbocycles. The van der Waals surface area contributed by atoms with Gasteiger partial charge in [0.15, 0.2) is 0 Å². The molecular formula is C24H31N3O2. The first-order chi connectivity index (χ1) is 13.8. The summed E-state index contributed by atoms with van der Waals surface area (Å²) in [5.41, 5.74) is 2.71. The molecule has 0 unspecified atom stereocenters. The maximum absolute atomic E-state index is 13.7. The SMILES string of the molecule is CC(=O)N1CCC(C(=O)N(C)Cc2ccc(N(C)C)cc2)(c2ccccc2)CC1. The lowest BCUT2D eigenvalue weighted by Gasteiger charge is -2.42. The van der Waals surface area contributed by atoms with Gasteiger partial charge in [0.2, 0.25) is 11.8 Å². The van der Waals surface area contributed by atoms with Crippen molar-refractivity contribution in [3.8, 4) is 0 Å². The molecule has 154 valence electrons. The van der Waals surface area contributed by atoms with Gasteiger partial charge >= 0.3 is 0 Å². The molecule has 1 saturated heterocycles. The number of likely N-dealkylation sites (N-methyl/N-ethyl adjacent to an activating group) is 1. The minimum absolute atomic E-state index is 0.0773. The van der Waals surface area contributed by atoms with E-state index in [1.165, 1.54) is 0 Å². The molecule has 3 rings (SSSR count). The zero-order valence-electron chi connectivity index (χ0n) is 17.9. The van der Waals surface area contributed by atoms with Crippen molar-refractivity contribution < 1.29 is 9.59 Å². The molecule has 2 aromatic rings. The van der Waals surface area contributed by atoms with Gasteiger partial charge in [-0.25, -0.2) is 0 Å². The van der Waals surface area contributed by atoms with E-state index >= 15 is 0 Å². The minimum atomic E-state index is -0.578. The summed E-state index contributed by atoms with van der Waals surface area (Å²) < 4.78 is 0. The number of carbonyl (C=O) groups is 2. The van der Waals surface area contributed by atoms with Crippen molar-refractivity contribution in [3.05, 3.63) is 65.7 Å². The van der Waals surface area contributed by atoms with E-state index in [4.69, 9.17) is 0 Å². The second-order valence-electron chi connectivity index (χ2n) is 8.18. The highest BCUT2D eigenvalue weighted by atomic mass is 16.2. The molecule has 1 aliphatic heterocycles. The third-order valence-corrected chi connectivity index (χ3v) is 6.02. The molecule has 0 bridgehead atoms. The highest BCUT2D eigenvalue weighted by molar-refractivity contribution is 5.88. The molecule has 29 heavy (non-hydrogen) atoms. The first-order valence-corrected chi connectivity index (χ1v) is 10.2. The number of carbonyl (C=O) groups excluding carboxylic acids is 2. The molecule has 2 amide bonds. The molecule has 5 nitrogen and oxygen atoms in total. The lowest BCUT2D eigenvalue weighted by Crippen LogP contribution is -2.52. The Balaban J connectivity index is 1.82. The first kappa shape index (κ1) is 20.9. The molecule has 0 spiro atoms. The molecule has 1 heterocycles. The first-order valence-electron chi connectivity index (χ1n) is 10.2. The Morgan fingerprint density at radius 3 is 2.03 bits per heavy atom. The number of amides is 2. The molecule has 0 radical (unpaired) electrons. The van der Waals surface area contributed by atoms with Crippen LogP contribution in [0.5, 0.6) is 0 Å². The largest absolute Gasteiger partial charge is 0.378 e. The fourth-order valence-electron chi connectivity index (χ4n) is 4.20. The Kier molecular flexibility index (Phi) is 6.26. The number of anilines is 1. The van der Waals surface area contributed by atoms with Crippen LogP contribution in [0.2, 0.25) is 0 Å². The van der Waals surface area contributed by atoms with Crippen molar-refractivity contribution in [2.75, 3.05) is 39.1 Å². The van der Waals surface area contributed by atoms with Gasteiger partial charge in [-0.05, 0) is 36.1 Å². The molecule has 1 aliphatic rings. The number of likely N-dealkylation sites (tertiary alicyclic amines) is 1. The molecule has 0 aliphatic carbocycles. The lowest BCUT2D eigenvalue weighted by atomic mass is 9.71. The monoisotopic (exact) mass is 393 g/mol. The molecule has 0 atom stereocenters. The van der Waals surface area contributed by atoms with E-state index in [1.54, 1.807) is 6.92 Å². The number of piperidine rings is 1. The van der Waals surface area contributed by atoms with Crippen molar-refractivity contribution in [1.29, 1.82) is 0 Å². The van der Waals surface area contributed by atoms with E-state index in [0.717, 1.165) is 16.8 Å². The Hall–Kier alpha value is -2.82. The smallest absolute Gasteiger partial charge is 0.233 e. The summed E-state index contributed by atoms with van der Waals surface area (Å²) in [5.74, 6) is 0.206. The van der Waals surface area contributed by atoms with Crippen LogP contribution in [0.1, 0.15) is 30.9 Å². The zero-order valence-corrected chi connectivity index (χ0v) is 17.9. The van der Waals surface area contributed by atoms with Gasteiger partial charge in [0.25, 0.3) is 0 Å².